The molecule has 0 saturated carbocycles. The number of likely N-dealkylation sites (tertiary alicyclic amines) is 1. The Morgan fingerprint density at radius 1 is 1.38 bits per heavy atom. The molecule has 1 fully saturated rings. The lowest BCUT2D eigenvalue weighted by atomic mass is 9.92. The predicted molar refractivity (Wildman–Crippen MR) is 86.6 cm³/mol. The number of carbonyl (C=O) groups is 1. The quantitative estimate of drug-likeness (QED) is 0.859. The highest BCUT2D eigenvalue weighted by Gasteiger charge is 2.30. The van der Waals surface area contributed by atoms with Crippen molar-refractivity contribution >= 4 is 5.91 Å². The van der Waals surface area contributed by atoms with Gasteiger partial charge in [0.2, 0.25) is 11.8 Å². The topological polar surface area (TPSA) is 85.3 Å². The number of hydrogen-bond donors (Lipinski definition) is 0. The molecule has 1 aliphatic rings. The third kappa shape index (κ3) is 3.83. The minimum atomic E-state index is -0.106. The normalized spacial score (nSPS) is 18.8. The van der Waals surface area contributed by atoms with Crippen LogP contribution in [0.4, 0.5) is 0 Å². The molecule has 3 heterocycles. The average Bonchev–Trinajstić information content (AvgIpc) is 3.14. The van der Waals surface area contributed by atoms with Crippen LogP contribution < -0.4 is 0 Å². The first-order valence-corrected chi connectivity index (χ1v) is 8.37. The highest BCUT2D eigenvalue weighted by molar-refractivity contribution is 5.92. The molecule has 7 nitrogen and oxygen atoms in total. The molecule has 1 atom stereocenters. The molecule has 2 aromatic rings. The lowest BCUT2D eigenvalue weighted by molar-refractivity contribution is 0.0687. The first-order valence-electron chi connectivity index (χ1n) is 8.37. The van der Waals surface area contributed by atoms with Crippen LogP contribution in [0.2, 0.25) is 0 Å². The van der Waals surface area contributed by atoms with Crippen molar-refractivity contribution in [2.24, 2.45) is 5.41 Å². The van der Waals surface area contributed by atoms with Crippen LogP contribution in [0.25, 0.3) is 0 Å². The summed E-state index contributed by atoms with van der Waals surface area (Å²) in [5.74, 6) is 1.90. The largest absolute Gasteiger partial charge is 0.425 e. The molecule has 0 radical (unpaired) electrons. The highest BCUT2D eigenvalue weighted by Crippen LogP contribution is 2.28. The molecule has 1 unspecified atom stereocenters. The Labute approximate surface area is 141 Å². The zero-order valence-electron chi connectivity index (χ0n) is 14.7. The SMILES string of the molecule is Cc1cc(C(=O)N2CCCC(c3nnc(CC(C)(C)C)o3)C2)no1. The minimum absolute atomic E-state index is 0.0805. The molecule has 0 N–H and O–H groups in total. The first kappa shape index (κ1) is 16.7. The molecule has 7 heteroatoms. The van der Waals surface area contributed by atoms with Crippen molar-refractivity contribution in [2.75, 3.05) is 13.1 Å². The Morgan fingerprint density at radius 3 is 2.83 bits per heavy atom. The number of carbonyl (C=O) groups excluding carboxylic acids is 1. The third-order valence-corrected chi connectivity index (χ3v) is 4.07. The van der Waals surface area contributed by atoms with Crippen LogP contribution in [-0.4, -0.2) is 39.3 Å². The lowest BCUT2D eigenvalue weighted by Gasteiger charge is -2.30. The Balaban J connectivity index is 1.68. The molecular weight excluding hydrogens is 308 g/mol. The van der Waals surface area contributed by atoms with E-state index >= 15 is 0 Å². The summed E-state index contributed by atoms with van der Waals surface area (Å²) in [4.78, 5) is 14.3. The van der Waals surface area contributed by atoms with E-state index < -0.39 is 0 Å². The first-order chi connectivity index (χ1) is 11.3. The molecule has 0 aromatic carbocycles. The second kappa shape index (κ2) is 6.37. The number of piperidine rings is 1. The van der Waals surface area contributed by atoms with Crippen LogP contribution in [0.1, 0.15) is 67.6 Å². The van der Waals surface area contributed by atoms with Gasteiger partial charge in [-0.25, -0.2) is 0 Å². The van der Waals surface area contributed by atoms with Gasteiger partial charge in [-0.15, -0.1) is 10.2 Å². The number of rotatable bonds is 3. The van der Waals surface area contributed by atoms with Crippen molar-refractivity contribution in [3.63, 3.8) is 0 Å². The monoisotopic (exact) mass is 332 g/mol. The molecule has 130 valence electrons. The molecule has 1 aliphatic heterocycles. The van der Waals surface area contributed by atoms with Crippen molar-refractivity contribution in [3.8, 4) is 0 Å². The number of amides is 1. The fourth-order valence-electron chi connectivity index (χ4n) is 2.95. The summed E-state index contributed by atoms with van der Waals surface area (Å²) in [5.41, 5.74) is 0.454. The smallest absolute Gasteiger partial charge is 0.276 e. The number of aryl methyl sites for hydroxylation is 1. The summed E-state index contributed by atoms with van der Waals surface area (Å²) in [6, 6.07) is 1.67. The Kier molecular flexibility index (Phi) is 4.43. The minimum Gasteiger partial charge on any atom is -0.425 e. The standard InChI is InChI=1S/C17H24N4O3/c1-11-8-13(20-24-11)16(22)21-7-5-6-12(10-21)15-19-18-14(23-15)9-17(2,3)4/h8,12H,5-7,9-10H2,1-4H3. The van der Waals surface area contributed by atoms with E-state index in [-0.39, 0.29) is 17.2 Å². The molecular formula is C17H24N4O3. The maximum Gasteiger partial charge on any atom is 0.276 e. The van der Waals surface area contributed by atoms with Gasteiger partial charge in [0.25, 0.3) is 5.91 Å². The van der Waals surface area contributed by atoms with Crippen LogP contribution in [0, 0.1) is 12.3 Å². The molecule has 0 bridgehead atoms. The van der Waals surface area contributed by atoms with Crippen molar-refractivity contribution < 1.29 is 13.7 Å². The highest BCUT2D eigenvalue weighted by atomic mass is 16.5. The molecule has 3 rings (SSSR count). The van der Waals surface area contributed by atoms with Gasteiger partial charge in [0, 0.05) is 25.6 Å². The van der Waals surface area contributed by atoms with Crippen LogP contribution in [0.15, 0.2) is 15.0 Å². The summed E-state index contributed by atoms with van der Waals surface area (Å²) < 4.78 is 10.8. The summed E-state index contributed by atoms with van der Waals surface area (Å²) in [7, 11) is 0. The summed E-state index contributed by atoms with van der Waals surface area (Å²) in [6.07, 6.45) is 2.59. The molecule has 0 spiro atoms. The van der Waals surface area contributed by atoms with E-state index in [2.05, 4.69) is 36.1 Å². The van der Waals surface area contributed by atoms with Gasteiger partial charge in [0.05, 0.1) is 5.92 Å². The number of nitrogens with zero attached hydrogens (tertiary/aromatic N) is 4. The van der Waals surface area contributed by atoms with Gasteiger partial charge < -0.3 is 13.8 Å². The number of hydrogen-bond acceptors (Lipinski definition) is 6. The Hall–Kier alpha value is -2.18. The molecule has 0 aliphatic carbocycles. The van der Waals surface area contributed by atoms with E-state index in [1.165, 1.54) is 0 Å². The fraction of sp³-hybridized carbons (Fsp3) is 0.647. The third-order valence-electron chi connectivity index (χ3n) is 4.07. The van der Waals surface area contributed by atoms with Crippen molar-refractivity contribution in [2.45, 2.75) is 52.9 Å². The van der Waals surface area contributed by atoms with Crippen LogP contribution in [0.5, 0.6) is 0 Å². The second-order valence-corrected chi connectivity index (χ2v) is 7.68. The van der Waals surface area contributed by atoms with Gasteiger partial charge >= 0.3 is 0 Å². The van der Waals surface area contributed by atoms with Gasteiger partial charge in [-0.2, -0.15) is 0 Å². The van der Waals surface area contributed by atoms with E-state index in [1.54, 1.807) is 17.9 Å². The van der Waals surface area contributed by atoms with Crippen molar-refractivity contribution in [1.29, 1.82) is 0 Å². The average molecular weight is 332 g/mol. The Morgan fingerprint density at radius 2 is 2.17 bits per heavy atom. The van der Waals surface area contributed by atoms with Crippen LogP contribution in [0.3, 0.4) is 0 Å². The summed E-state index contributed by atoms with van der Waals surface area (Å²) in [5, 5.41) is 12.2. The fourth-order valence-corrected chi connectivity index (χ4v) is 2.95. The predicted octanol–water partition coefficient (Wildman–Crippen LogP) is 2.97. The maximum absolute atomic E-state index is 12.5. The lowest BCUT2D eigenvalue weighted by Crippen LogP contribution is -2.39. The second-order valence-electron chi connectivity index (χ2n) is 7.68. The van der Waals surface area contributed by atoms with E-state index in [0.717, 1.165) is 19.3 Å². The van der Waals surface area contributed by atoms with E-state index in [1.807, 2.05) is 0 Å². The van der Waals surface area contributed by atoms with E-state index in [0.29, 0.717) is 36.3 Å². The zero-order chi connectivity index (χ0) is 17.3. The number of aromatic nitrogens is 3. The zero-order valence-corrected chi connectivity index (χ0v) is 14.7. The van der Waals surface area contributed by atoms with Crippen LogP contribution in [-0.2, 0) is 6.42 Å². The molecule has 2 aromatic heterocycles. The van der Waals surface area contributed by atoms with Gasteiger partial charge in [-0.1, -0.05) is 25.9 Å². The van der Waals surface area contributed by atoms with Gasteiger partial charge in [-0.3, -0.25) is 4.79 Å². The van der Waals surface area contributed by atoms with Gasteiger partial charge in [-0.05, 0) is 25.2 Å². The van der Waals surface area contributed by atoms with E-state index in [4.69, 9.17) is 8.94 Å². The Bertz CT molecular complexity index is 713. The van der Waals surface area contributed by atoms with Gasteiger partial charge in [0.1, 0.15) is 5.76 Å². The summed E-state index contributed by atoms with van der Waals surface area (Å²) in [6.45, 7) is 9.47. The van der Waals surface area contributed by atoms with Crippen molar-refractivity contribution in [1.82, 2.24) is 20.3 Å². The summed E-state index contributed by atoms with van der Waals surface area (Å²) >= 11 is 0. The molecule has 24 heavy (non-hydrogen) atoms. The van der Waals surface area contributed by atoms with E-state index in [9.17, 15) is 4.79 Å². The molecule has 1 saturated heterocycles. The maximum atomic E-state index is 12.5. The molecule has 1 amide bonds. The van der Waals surface area contributed by atoms with Crippen LogP contribution >= 0.6 is 0 Å². The van der Waals surface area contributed by atoms with Crippen molar-refractivity contribution in [3.05, 3.63) is 29.3 Å². The van der Waals surface area contributed by atoms with Gasteiger partial charge in [0.15, 0.2) is 5.69 Å².